The maximum atomic E-state index is 13.4. The van der Waals surface area contributed by atoms with E-state index in [-0.39, 0.29) is 49.9 Å². The number of nitrogens with one attached hydrogen (secondary N) is 3. The van der Waals surface area contributed by atoms with Crippen molar-refractivity contribution in [2.75, 3.05) is 33.9 Å². The van der Waals surface area contributed by atoms with E-state index in [1.165, 1.54) is 7.11 Å². The highest BCUT2D eigenvalue weighted by molar-refractivity contribution is 5.80. The lowest BCUT2D eigenvalue weighted by molar-refractivity contribution is -0.135. The molecule has 3 aliphatic rings. The Labute approximate surface area is 266 Å². The van der Waals surface area contributed by atoms with Crippen LogP contribution in [0.2, 0.25) is 0 Å². The van der Waals surface area contributed by atoms with Crippen molar-refractivity contribution in [1.82, 2.24) is 25.5 Å². The maximum absolute atomic E-state index is 13.4. The number of aromatic nitrogens is 2. The number of rotatable bonds is 4. The molecule has 0 aliphatic carbocycles. The zero-order valence-electron chi connectivity index (χ0n) is 26.4. The van der Waals surface area contributed by atoms with Crippen molar-refractivity contribution >= 4 is 17.7 Å². The summed E-state index contributed by atoms with van der Waals surface area (Å²) in [6.45, 7) is 3.86. The van der Waals surface area contributed by atoms with Gasteiger partial charge in [-0.3, -0.25) is 19.2 Å². The highest BCUT2D eigenvalue weighted by atomic mass is 16.5. The first-order chi connectivity index (χ1) is 22.1. The molecule has 6 rings (SSSR count). The number of H-pyrrole nitrogens is 1. The monoisotopic (exact) mass is 633 g/mol. The Hall–Kier alpha value is -5.07. The van der Waals surface area contributed by atoms with Gasteiger partial charge < -0.3 is 39.5 Å². The molecule has 4 bridgehead atoms. The number of aromatic amines is 1. The number of piperidine rings is 1. The van der Waals surface area contributed by atoms with Crippen molar-refractivity contribution in [3.63, 3.8) is 0 Å². The maximum Gasteiger partial charge on any atom is 0.258 e. The third-order valence-electron chi connectivity index (χ3n) is 8.17. The average Bonchev–Trinajstić information content (AvgIpc) is 3.04. The first-order valence-corrected chi connectivity index (χ1v) is 15.2. The van der Waals surface area contributed by atoms with Crippen LogP contribution >= 0.6 is 0 Å². The molecule has 3 amide bonds. The third kappa shape index (κ3) is 7.76. The Bertz CT molecular complexity index is 1670. The van der Waals surface area contributed by atoms with Crippen LogP contribution in [-0.4, -0.2) is 78.7 Å². The fourth-order valence-electron chi connectivity index (χ4n) is 5.70. The Morgan fingerprint density at radius 3 is 2.59 bits per heavy atom. The Morgan fingerprint density at radius 2 is 1.83 bits per heavy atom. The van der Waals surface area contributed by atoms with Gasteiger partial charge in [0, 0.05) is 55.4 Å². The second-order valence-electron chi connectivity index (χ2n) is 11.4. The van der Waals surface area contributed by atoms with Crippen LogP contribution < -0.4 is 35.1 Å². The highest BCUT2D eigenvalue weighted by Crippen LogP contribution is 2.30. The normalized spacial score (nSPS) is 18.8. The summed E-state index contributed by atoms with van der Waals surface area (Å²) in [4.78, 5) is 60.4. The average molecular weight is 634 g/mol. The van der Waals surface area contributed by atoms with Gasteiger partial charge in [0.05, 0.1) is 26.7 Å². The molecular formula is C33H39N5O8. The number of benzene rings is 2. The van der Waals surface area contributed by atoms with Crippen LogP contribution in [0.5, 0.6) is 23.0 Å². The van der Waals surface area contributed by atoms with Crippen molar-refractivity contribution < 1.29 is 33.3 Å². The van der Waals surface area contributed by atoms with E-state index < -0.39 is 18.1 Å². The summed E-state index contributed by atoms with van der Waals surface area (Å²) in [7, 11) is 3.05. The number of carbonyl (C=O) groups is 3. The van der Waals surface area contributed by atoms with Gasteiger partial charge in [-0.05, 0) is 50.1 Å². The SMILES string of the molecule is COc1cc2ccc1CNC(=O)CCc1ccc(OC)c(c1)OCC(=O)N[C@@H]1CN(C(=O)Cc3c(C)nc(C)[nH]c3=O)CC[C@@H]1O2. The first kappa shape index (κ1) is 32.3. The minimum Gasteiger partial charge on any atom is -0.496 e. The lowest BCUT2D eigenvalue weighted by atomic mass is 10.0. The highest BCUT2D eigenvalue weighted by Gasteiger charge is 2.35. The summed E-state index contributed by atoms with van der Waals surface area (Å²) in [5, 5.41) is 5.93. The zero-order valence-corrected chi connectivity index (χ0v) is 26.4. The van der Waals surface area contributed by atoms with E-state index >= 15 is 0 Å². The van der Waals surface area contributed by atoms with E-state index in [0.717, 1.165) is 11.1 Å². The molecule has 2 atom stereocenters. The fraction of sp³-hybridized carbons (Fsp3) is 0.424. The molecule has 4 heterocycles. The molecule has 3 aromatic rings. The number of likely N-dealkylation sites (tertiary alicyclic amines) is 1. The van der Waals surface area contributed by atoms with Gasteiger partial charge in [-0.15, -0.1) is 0 Å². The lowest BCUT2D eigenvalue weighted by Gasteiger charge is -2.39. The van der Waals surface area contributed by atoms with Crippen LogP contribution in [-0.2, 0) is 33.8 Å². The molecule has 46 heavy (non-hydrogen) atoms. The summed E-state index contributed by atoms with van der Waals surface area (Å²) >= 11 is 0. The van der Waals surface area contributed by atoms with Crippen molar-refractivity contribution in [2.45, 2.75) is 58.2 Å². The van der Waals surface area contributed by atoms with Gasteiger partial charge in [-0.25, -0.2) is 4.98 Å². The van der Waals surface area contributed by atoms with Crippen molar-refractivity contribution in [3.8, 4) is 23.0 Å². The third-order valence-corrected chi connectivity index (χ3v) is 8.17. The van der Waals surface area contributed by atoms with E-state index in [1.807, 2.05) is 12.1 Å². The Morgan fingerprint density at radius 1 is 1.02 bits per heavy atom. The number of fused-ring (bicyclic) bond motifs is 9. The topological polar surface area (TPSA) is 161 Å². The van der Waals surface area contributed by atoms with Crippen LogP contribution in [0.4, 0.5) is 0 Å². The molecule has 3 N–H and O–H groups in total. The quantitative estimate of drug-likeness (QED) is 0.389. The second kappa shape index (κ2) is 14.4. The molecule has 13 heteroatoms. The number of ether oxygens (including phenoxy) is 4. The van der Waals surface area contributed by atoms with E-state index in [4.69, 9.17) is 18.9 Å². The predicted octanol–water partition coefficient (Wildman–Crippen LogP) is 1.75. The van der Waals surface area contributed by atoms with Crippen molar-refractivity contribution in [3.05, 3.63) is 75.0 Å². The zero-order chi connectivity index (χ0) is 32.8. The Kier molecular flexibility index (Phi) is 10.1. The van der Waals surface area contributed by atoms with E-state index in [1.54, 1.807) is 50.1 Å². The van der Waals surface area contributed by atoms with Gasteiger partial charge in [0.25, 0.3) is 11.5 Å². The number of hydrogen-bond donors (Lipinski definition) is 3. The molecule has 0 radical (unpaired) electrons. The minimum absolute atomic E-state index is 0.116. The van der Waals surface area contributed by atoms with Gasteiger partial charge >= 0.3 is 0 Å². The predicted molar refractivity (Wildman–Crippen MR) is 167 cm³/mol. The molecule has 3 aliphatic heterocycles. The molecule has 1 saturated heterocycles. The summed E-state index contributed by atoms with van der Waals surface area (Å²) < 4.78 is 23.3. The van der Waals surface area contributed by atoms with Gasteiger partial charge in [0.2, 0.25) is 11.8 Å². The standard InChI is InChI=1S/C33H39N5O8/c1-19-24(33(42)36-20(2)35-19)15-32(41)38-12-11-26-25(17-38)37-31(40)18-45-29-13-21(5-9-27(29)43-3)6-10-30(39)34-16-22-7-8-23(46-26)14-28(22)44-4/h5,7-9,13-14,25-26H,6,10-12,15-18H2,1-4H3,(H,34,39)(H,37,40)(H,35,36,42)/t25-,26+/m1/s1. The van der Waals surface area contributed by atoms with Crippen LogP contribution in [0.3, 0.4) is 0 Å². The summed E-state index contributed by atoms with van der Waals surface area (Å²) in [5.41, 5.74) is 2.10. The van der Waals surface area contributed by atoms with Crippen LogP contribution in [0.1, 0.15) is 41.1 Å². The summed E-state index contributed by atoms with van der Waals surface area (Å²) in [6.07, 6.45) is 0.515. The smallest absolute Gasteiger partial charge is 0.258 e. The summed E-state index contributed by atoms with van der Waals surface area (Å²) in [5.74, 6) is 1.56. The molecule has 1 aromatic heterocycles. The number of methoxy groups -OCH3 is 2. The molecule has 0 saturated carbocycles. The number of hydrogen-bond acceptors (Lipinski definition) is 9. The van der Waals surface area contributed by atoms with Gasteiger partial charge in [0.1, 0.15) is 23.4 Å². The number of aryl methyl sites for hydroxylation is 3. The lowest BCUT2D eigenvalue weighted by Crippen LogP contribution is -2.59. The minimum atomic E-state index is -0.593. The molecule has 0 unspecified atom stereocenters. The van der Waals surface area contributed by atoms with Gasteiger partial charge in [0.15, 0.2) is 18.1 Å². The molecule has 13 nitrogen and oxygen atoms in total. The first-order valence-electron chi connectivity index (χ1n) is 15.2. The van der Waals surface area contributed by atoms with Crippen LogP contribution in [0.15, 0.2) is 41.2 Å². The fourth-order valence-corrected chi connectivity index (χ4v) is 5.70. The Balaban J connectivity index is 1.40. The number of amides is 3. The van der Waals surface area contributed by atoms with Crippen LogP contribution in [0.25, 0.3) is 0 Å². The van der Waals surface area contributed by atoms with Crippen molar-refractivity contribution in [1.29, 1.82) is 0 Å². The molecule has 1 fully saturated rings. The number of nitrogens with zero attached hydrogens (tertiary/aromatic N) is 2. The van der Waals surface area contributed by atoms with Gasteiger partial charge in [-0.1, -0.05) is 6.07 Å². The van der Waals surface area contributed by atoms with E-state index in [0.29, 0.717) is 59.5 Å². The molecular weight excluding hydrogens is 594 g/mol. The number of carbonyl (C=O) groups excluding carboxylic acids is 3. The molecule has 2 aromatic carbocycles. The second-order valence-corrected chi connectivity index (χ2v) is 11.4. The van der Waals surface area contributed by atoms with Gasteiger partial charge in [-0.2, -0.15) is 0 Å². The largest absolute Gasteiger partial charge is 0.496 e. The van der Waals surface area contributed by atoms with Crippen molar-refractivity contribution in [2.24, 2.45) is 0 Å². The van der Waals surface area contributed by atoms with E-state index in [9.17, 15) is 19.2 Å². The van der Waals surface area contributed by atoms with E-state index in [2.05, 4.69) is 20.6 Å². The van der Waals surface area contributed by atoms with Crippen LogP contribution in [0, 0.1) is 13.8 Å². The summed E-state index contributed by atoms with van der Waals surface area (Å²) in [6, 6.07) is 10.1. The molecule has 0 spiro atoms. The molecule has 244 valence electrons.